The first-order valence-electron chi connectivity index (χ1n) is 10.8. The number of halogens is 1. The molecule has 4 rings (SSSR count). The maximum absolute atomic E-state index is 14.1. The van der Waals surface area contributed by atoms with Gasteiger partial charge in [0.15, 0.2) is 0 Å². The molecule has 0 saturated heterocycles. The van der Waals surface area contributed by atoms with Crippen molar-refractivity contribution in [2.45, 2.75) is 32.4 Å². The Morgan fingerprint density at radius 2 is 1.81 bits per heavy atom. The SMILES string of the molecule is COc1cccc(CNC(=O)CCCc2cn(Cc3ccccc3F)c3ccccc23)c1. The van der Waals surface area contributed by atoms with Crippen LogP contribution in [0.4, 0.5) is 4.39 Å². The van der Waals surface area contributed by atoms with Gasteiger partial charge in [0.25, 0.3) is 0 Å². The second-order valence-electron chi connectivity index (χ2n) is 7.87. The van der Waals surface area contributed by atoms with Crippen LogP contribution >= 0.6 is 0 Å². The molecule has 0 aliphatic carbocycles. The molecule has 4 nitrogen and oxygen atoms in total. The van der Waals surface area contributed by atoms with E-state index in [1.54, 1.807) is 13.2 Å². The number of hydrogen-bond donors (Lipinski definition) is 1. The van der Waals surface area contributed by atoms with Gasteiger partial charge in [-0.05, 0) is 48.2 Å². The molecule has 1 N–H and O–H groups in total. The number of aryl methyl sites for hydroxylation is 1. The summed E-state index contributed by atoms with van der Waals surface area (Å²) in [4.78, 5) is 12.3. The number of rotatable bonds is 9. The van der Waals surface area contributed by atoms with Crippen molar-refractivity contribution in [1.82, 2.24) is 9.88 Å². The highest BCUT2D eigenvalue weighted by atomic mass is 19.1. The van der Waals surface area contributed by atoms with Crippen LogP contribution < -0.4 is 10.1 Å². The van der Waals surface area contributed by atoms with Gasteiger partial charge < -0.3 is 14.6 Å². The van der Waals surface area contributed by atoms with Crippen molar-refractivity contribution in [3.63, 3.8) is 0 Å². The smallest absolute Gasteiger partial charge is 0.220 e. The van der Waals surface area contributed by atoms with E-state index >= 15 is 0 Å². The van der Waals surface area contributed by atoms with E-state index in [2.05, 4.69) is 28.2 Å². The fourth-order valence-electron chi connectivity index (χ4n) is 3.97. The molecule has 164 valence electrons. The Morgan fingerprint density at radius 1 is 1.00 bits per heavy atom. The van der Waals surface area contributed by atoms with Gasteiger partial charge in [-0.15, -0.1) is 0 Å². The van der Waals surface area contributed by atoms with E-state index in [4.69, 9.17) is 4.74 Å². The number of fused-ring (bicyclic) bond motifs is 1. The minimum Gasteiger partial charge on any atom is -0.497 e. The van der Waals surface area contributed by atoms with Crippen LogP contribution in [0.25, 0.3) is 10.9 Å². The predicted molar refractivity (Wildman–Crippen MR) is 125 cm³/mol. The average molecular weight is 431 g/mol. The Bertz CT molecular complexity index is 1220. The molecule has 0 unspecified atom stereocenters. The Hall–Kier alpha value is -3.60. The molecule has 0 bridgehead atoms. The third kappa shape index (κ3) is 5.17. The average Bonchev–Trinajstić information content (AvgIpc) is 3.17. The minimum absolute atomic E-state index is 0.0305. The largest absolute Gasteiger partial charge is 0.497 e. The third-order valence-electron chi connectivity index (χ3n) is 5.64. The van der Waals surface area contributed by atoms with E-state index in [0.29, 0.717) is 25.1 Å². The van der Waals surface area contributed by atoms with Crippen molar-refractivity contribution in [1.29, 1.82) is 0 Å². The lowest BCUT2D eigenvalue weighted by Crippen LogP contribution is -2.22. The van der Waals surface area contributed by atoms with Gasteiger partial charge in [-0.2, -0.15) is 0 Å². The lowest BCUT2D eigenvalue weighted by molar-refractivity contribution is -0.121. The van der Waals surface area contributed by atoms with E-state index in [9.17, 15) is 9.18 Å². The van der Waals surface area contributed by atoms with Gasteiger partial charge in [0.2, 0.25) is 5.91 Å². The number of hydrogen-bond acceptors (Lipinski definition) is 2. The Morgan fingerprint density at radius 3 is 2.66 bits per heavy atom. The standard InChI is InChI=1S/C27H27FN2O2/c1-32-23-11-6-8-20(16-23)17-29-27(31)15-7-10-21-18-30(26-14-5-3-12-24(21)26)19-22-9-2-4-13-25(22)28/h2-6,8-9,11-14,16,18H,7,10,15,17,19H2,1H3,(H,29,31). The Kier molecular flexibility index (Phi) is 6.85. The minimum atomic E-state index is -0.195. The topological polar surface area (TPSA) is 43.3 Å². The third-order valence-corrected chi connectivity index (χ3v) is 5.64. The number of nitrogens with one attached hydrogen (secondary N) is 1. The molecule has 0 atom stereocenters. The predicted octanol–water partition coefficient (Wildman–Crippen LogP) is 5.48. The van der Waals surface area contributed by atoms with Crippen LogP contribution in [0.1, 0.15) is 29.5 Å². The first-order chi connectivity index (χ1) is 15.6. The first kappa shape index (κ1) is 21.6. The van der Waals surface area contributed by atoms with Gasteiger partial charge in [0.05, 0.1) is 13.7 Å². The van der Waals surface area contributed by atoms with Gasteiger partial charge in [0.1, 0.15) is 11.6 Å². The number of para-hydroxylation sites is 1. The fourth-order valence-corrected chi connectivity index (χ4v) is 3.97. The zero-order valence-corrected chi connectivity index (χ0v) is 18.2. The maximum Gasteiger partial charge on any atom is 0.220 e. The zero-order chi connectivity index (χ0) is 22.3. The summed E-state index contributed by atoms with van der Waals surface area (Å²) in [6, 6.07) is 22.7. The first-order valence-corrected chi connectivity index (χ1v) is 10.8. The summed E-state index contributed by atoms with van der Waals surface area (Å²) in [5, 5.41) is 4.13. The molecule has 0 saturated carbocycles. The molecule has 5 heteroatoms. The second-order valence-corrected chi connectivity index (χ2v) is 7.87. The lowest BCUT2D eigenvalue weighted by Gasteiger charge is -2.07. The number of aromatic nitrogens is 1. The van der Waals surface area contributed by atoms with E-state index < -0.39 is 0 Å². The molecule has 1 aromatic heterocycles. The molecule has 32 heavy (non-hydrogen) atoms. The molecule has 1 amide bonds. The van der Waals surface area contributed by atoms with Crippen molar-refractivity contribution >= 4 is 16.8 Å². The number of amides is 1. The number of carbonyl (C=O) groups is 1. The van der Waals surface area contributed by atoms with Crippen molar-refractivity contribution in [3.05, 3.63) is 102 Å². The monoisotopic (exact) mass is 430 g/mol. The molecule has 4 aromatic rings. The van der Waals surface area contributed by atoms with Crippen LogP contribution in [0.15, 0.2) is 79.0 Å². The Balaban J connectivity index is 1.37. The fraction of sp³-hybridized carbons (Fsp3) is 0.222. The lowest BCUT2D eigenvalue weighted by atomic mass is 10.1. The van der Waals surface area contributed by atoms with Gasteiger partial charge in [-0.25, -0.2) is 4.39 Å². The van der Waals surface area contributed by atoms with Crippen LogP contribution in [-0.4, -0.2) is 17.6 Å². The normalized spacial score (nSPS) is 10.9. The summed E-state index contributed by atoms with van der Waals surface area (Å²) >= 11 is 0. The quantitative estimate of drug-likeness (QED) is 0.382. The maximum atomic E-state index is 14.1. The van der Waals surface area contributed by atoms with E-state index in [1.165, 1.54) is 11.6 Å². The molecule has 0 aliphatic heterocycles. The summed E-state index contributed by atoms with van der Waals surface area (Å²) in [5.41, 5.74) is 3.93. The van der Waals surface area contributed by atoms with Gasteiger partial charge in [-0.1, -0.05) is 48.5 Å². The van der Waals surface area contributed by atoms with Crippen LogP contribution in [0.5, 0.6) is 5.75 Å². The number of nitrogens with zero attached hydrogens (tertiary/aromatic N) is 1. The highest BCUT2D eigenvalue weighted by molar-refractivity contribution is 5.84. The molecule has 0 radical (unpaired) electrons. The van der Waals surface area contributed by atoms with Crippen molar-refractivity contribution < 1.29 is 13.9 Å². The molecule has 0 aliphatic rings. The van der Waals surface area contributed by atoms with Crippen LogP contribution in [0, 0.1) is 5.82 Å². The van der Waals surface area contributed by atoms with Gasteiger partial charge >= 0.3 is 0 Å². The summed E-state index contributed by atoms with van der Waals surface area (Å²) in [5.74, 6) is 0.617. The highest BCUT2D eigenvalue weighted by Crippen LogP contribution is 2.24. The molecule has 0 fully saturated rings. The van der Waals surface area contributed by atoms with Crippen LogP contribution in [-0.2, 0) is 24.3 Å². The van der Waals surface area contributed by atoms with Crippen molar-refractivity contribution in [2.75, 3.05) is 7.11 Å². The summed E-state index contributed by atoms with van der Waals surface area (Å²) in [7, 11) is 1.63. The van der Waals surface area contributed by atoms with Crippen LogP contribution in [0.3, 0.4) is 0 Å². The van der Waals surface area contributed by atoms with Crippen molar-refractivity contribution in [3.8, 4) is 5.75 Å². The van der Waals surface area contributed by atoms with Crippen molar-refractivity contribution in [2.24, 2.45) is 0 Å². The summed E-state index contributed by atoms with van der Waals surface area (Å²) < 4.78 is 21.5. The summed E-state index contributed by atoms with van der Waals surface area (Å²) in [6.07, 6.45) is 4.08. The van der Waals surface area contributed by atoms with E-state index in [-0.39, 0.29) is 11.7 Å². The summed E-state index contributed by atoms with van der Waals surface area (Å²) in [6.45, 7) is 0.964. The Labute approximate surface area is 187 Å². The van der Waals surface area contributed by atoms with E-state index in [0.717, 1.165) is 35.1 Å². The van der Waals surface area contributed by atoms with Gasteiger partial charge in [-0.3, -0.25) is 4.79 Å². The number of benzene rings is 3. The molecule has 0 spiro atoms. The second kappa shape index (κ2) is 10.1. The number of ether oxygens (including phenoxy) is 1. The van der Waals surface area contributed by atoms with Gasteiger partial charge in [0, 0.05) is 35.6 Å². The highest BCUT2D eigenvalue weighted by Gasteiger charge is 2.11. The molecule has 1 heterocycles. The molecule has 3 aromatic carbocycles. The van der Waals surface area contributed by atoms with E-state index in [1.807, 2.05) is 48.5 Å². The number of methoxy groups -OCH3 is 1. The molecular weight excluding hydrogens is 403 g/mol. The number of carbonyl (C=O) groups excluding carboxylic acids is 1. The zero-order valence-electron chi connectivity index (χ0n) is 18.2. The molecular formula is C27H27FN2O2. The van der Waals surface area contributed by atoms with Crippen LogP contribution in [0.2, 0.25) is 0 Å².